The van der Waals surface area contributed by atoms with Crippen LogP contribution < -0.4 is 19.5 Å². The third kappa shape index (κ3) is 4.01. The molecule has 0 aromatic heterocycles. The van der Waals surface area contributed by atoms with E-state index in [9.17, 15) is 4.79 Å². The number of hydrogen-bond acceptors (Lipinski definition) is 4. The summed E-state index contributed by atoms with van der Waals surface area (Å²) in [5.41, 5.74) is 1.77. The second-order valence-corrected chi connectivity index (χ2v) is 8.23. The minimum absolute atomic E-state index is 0.00201. The quantitative estimate of drug-likeness (QED) is 0.732. The summed E-state index contributed by atoms with van der Waals surface area (Å²) in [4.78, 5) is 12.8. The molecule has 1 amide bonds. The Morgan fingerprint density at radius 2 is 2.07 bits per heavy atom. The molecule has 1 heterocycles. The van der Waals surface area contributed by atoms with Crippen LogP contribution >= 0.6 is 11.6 Å². The maximum Gasteiger partial charge on any atom is 0.220 e. The van der Waals surface area contributed by atoms with E-state index < -0.39 is 0 Å². The van der Waals surface area contributed by atoms with Gasteiger partial charge in [-0.15, -0.1) is 0 Å². The van der Waals surface area contributed by atoms with Crippen LogP contribution in [0.25, 0.3) is 0 Å². The van der Waals surface area contributed by atoms with Gasteiger partial charge in [0.25, 0.3) is 0 Å². The van der Waals surface area contributed by atoms with Crippen molar-refractivity contribution >= 4 is 17.5 Å². The van der Waals surface area contributed by atoms with Crippen molar-refractivity contribution in [3.05, 3.63) is 52.5 Å². The summed E-state index contributed by atoms with van der Waals surface area (Å²) in [5, 5.41) is 3.86. The standard InChI is InChI=1S/C23H26ClNO4/c1-27-20-6-3-5-15(22(20)28-2)7-10-21(26)25-18-14-23(11-4-12-23)29-19-9-8-16(24)13-17(18)19/h3,5-6,8-9,13,18H,4,7,10-12,14H2,1-2H3,(H,25,26). The van der Waals surface area contributed by atoms with Crippen molar-refractivity contribution in [2.24, 2.45) is 0 Å². The first kappa shape index (κ1) is 19.9. The van der Waals surface area contributed by atoms with Crippen LogP contribution in [0.1, 0.15) is 49.3 Å². The summed E-state index contributed by atoms with van der Waals surface area (Å²) < 4.78 is 17.1. The average Bonchev–Trinajstić information content (AvgIpc) is 2.70. The average molecular weight is 416 g/mol. The second kappa shape index (κ2) is 8.15. The first-order chi connectivity index (χ1) is 14.0. The van der Waals surface area contributed by atoms with Gasteiger partial charge >= 0.3 is 0 Å². The molecule has 29 heavy (non-hydrogen) atoms. The van der Waals surface area contributed by atoms with E-state index in [1.165, 1.54) is 6.42 Å². The van der Waals surface area contributed by atoms with Gasteiger partial charge in [-0.1, -0.05) is 23.7 Å². The molecule has 154 valence electrons. The van der Waals surface area contributed by atoms with Crippen molar-refractivity contribution in [1.82, 2.24) is 5.32 Å². The highest BCUT2D eigenvalue weighted by molar-refractivity contribution is 6.30. The highest BCUT2D eigenvalue weighted by Crippen LogP contribution is 2.49. The molecule has 5 nitrogen and oxygen atoms in total. The Bertz CT molecular complexity index is 910. The van der Waals surface area contributed by atoms with E-state index in [0.717, 1.165) is 36.1 Å². The summed E-state index contributed by atoms with van der Waals surface area (Å²) in [6.45, 7) is 0. The molecule has 1 unspecified atom stereocenters. The Morgan fingerprint density at radius 3 is 2.76 bits per heavy atom. The van der Waals surface area contributed by atoms with Gasteiger partial charge in [0, 0.05) is 23.4 Å². The molecule has 2 aromatic carbocycles. The zero-order valence-electron chi connectivity index (χ0n) is 16.8. The SMILES string of the molecule is COc1cccc(CCC(=O)NC2CC3(CCC3)Oc3ccc(Cl)cc32)c1OC. The van der Waals surface area contributed by atoms with Gasteiger partial charge in [-0.05, 0) is 55.5 Å². The monoisotopic (exact) mass is 415 g/mol. The van der Waals surface area contributed by atoms with Crippen LogP contribution in [0.3, 0.4) is 0 Å². The maximum atomic E-state index is 12.8. The van der Waals surface area contributed by atoms with Gasteiger partial charge < -0.3 is 19.5 Å². The molecule has 0 saturated heterocycles. The van der Waals surface area contributed by atoms with Crippen molar-refractivity contribution in [3.8, 4) is 17.2 Å². The second-order valence-electron chi connectivity index (χ2n) is 7.80. The van der Waals surface area contributed by atoms with E-state index in [4.69, 9.17) is 25.8 Å². The fraction of sp³-hybridized carbons (Fsp3) is 0.435. The third-order valence-electron chi connectivity index (χ3n) is 5.96. The van der Waals surface area contributed by atoms with E-state index >= 15 is 0 Å². The molecule has 0 bridgehead atoms. The van der Waals surface area contributed by atoms with Crippen LogP contribution in [0.15, 0.2) is 36.4 Å². The van der Waals surface area contributed by atoms with Crippen LogP contribution in [0.5, 0.6) is 17.2 Å². The lowest BCUT2D eigenvalue weighted by atomic mass is 9.73. The highest BCUT2D eigenvalue weighted by atomic mass is 35.5. The number of aryl methyl sites for hydroxylation is 1. The zero-order chi connectivity index (χ0) is 20.4. The van der Waals surface area contributed by atoms with Crippen LogP contribution in [0.4, 0.5) is 0 Å². The molecule has 6 heteroatoms. The molecule has 1 saturated carbocycles. The number of ether oxygens (including phenoxy) is 3. The lowest BCUT2D eigenvalue weighted by Gasteiger charge is -2.48. The molecule has 1 N–H and O–H groups in total. The Labute approximate surface area is 176 Å². The fourth-order valence-corrected chi connectivity index (χ4v) is 4.49. The first-order valence-corrected chi connectivity index (χ1v) is 10.4. The lowest BCUT2D eigenvalue weighted by Crippen LogP contribution is -2.49. The van der Waals surface area contributed by atoms with Gasteiger partial charge in [-0.25, -0.2) is 0 Å². The highest BCUT2D eigenvalue weighted by Gasteiger charge is 2.45. The molecule has 1 aliphatic carbocycles. The summed E-state index contributed by atoms with van der Waals surface area (Å²) in [6.07, 6.45) is 4.95. The summed E-state index contributed by atoms with van der Waals surface area (Å²) in [6, 6.07) is 11.3. The number of fused-ring (bicyclic) bond motifs is 1. The zero-order valence-corrected chi connectivity index (χ0v) is 17.6. The van der Waals surface area contributed by atoms with E-state index in [2.05, 4.69) is 5.32 Å². The van der Waals surface area contributed by atoms with Gasteiger partial charge in [0.15, 0.2) is 11.5 Å². The largest absolute Gasteiger partial charge is 0.493 e. The Morgan fingerprint density at radius 1 is 1.24 bits per heavy atom. The van der Waals surface area contributed by atoms with Crippen molar-refractivity contribution in [2.75, 3.05) is 14.2 Å². The normalized spacial score (nSPS) is 18.9. The van der Waals surface area contributed by atoms with Gasteiger partial charge in [-0.3, -0.25) is 4.79 Å². The molecule has 1 aliphatic heterocycles. The van der Waals surface area contributed by atoms with Crippen LogP contribution in [0.2, 0.25) is 5.02 Å². The van der Waals surface area contributed by atoms with Crippen LogP contribution in [-0.2, 0) is 11.2 Å². The van der Waals surface area contributed by atoms with Gasteiger partial charge in [0.05, 0.1) is 20.3 Å². The number of para-hydroxylation sites is 1. The van der Waals surface area contributed by atoms with Crippen molar-refractivity contribution < 1.29 is 19.0 Å². The molecular weight excluding hydrogens is 390 g/mol. The van der Waals surface area contributed by atoms with E-state index in [-0.39, 0.29) is 17.6 Å². The van der Waals surface area contributed by atoms with Gasteiger partial charge in [0.1, 0.15) is 11.4 Å². The minimum Gasteiger partial charge on any atom is -0.493 e. The third-order valence-corrected chi connectivity index (χ3v) is 6.19. The minimum atomic E-state index is -0.144. The summed E-state index contributed by atoms with van der Waals surface area (Å²) >= 11 is 6.21. The molecule has 2 aliphatic rings. The number of carbonyl (C=O) groups is 1. The van der Waals surface area contributed by atoms with E-state index in [0.29, 0.717) is 29.4 Å². The number of amides is 1. The number of rotatable bonds is 6. The first-order valence-electron chi connectivity index (χ1n) is 10.0. The number of benzene rings is 2. The lowest BCUT2D eigenvalue weighted by molar-refractivity contribution is -0.123. The van der Waals surface area contributed by atoms with Crippen molar-refractivity contribution in [2.45, 2.75) is 50.2 Å². The van der Waals surface area contributed by atoms with Crippen molar-refractivity contribution in [1.29, 1.82) is 0 Å². The Hall–Kier alpha value is -2.40. The molecule has 1 atom stereocenters. The maximum absolute atomic E-state index is 12.8. The van der Waals surface area contributed by atoms with Gasteiger partial charge in [-0.2, -0.15) is 0 Å². The molecule has 4 rings (SSSR count). The molecule has 2 aromatic rings. The molecule has 0 radical (unpaired) electrons. The molecule has 1 fully saturated rings. The molecule has 1 spiro atoms. The van der Waals surface area contributed by atoms with Gasteiger partial charge in [0.2, 0.25) is 5.91 Å². The summed E-state index contributed by atoms with van der Waals surface area (Å²) in [7, 11) is 3.22. The smallest absolute Gasteiger partial charge is 0.220 e. The van der Waals surface area contributed by atoms with E-state index in [1.54, 1.807) is 14.2 Å². The van der Waals surface area contributed by atoms with Crippen LogP contribution in [0, 0.1) is 0 Å². The number of halogens is 1. The number of carbonyl (C=O) groups excluding carboxylic acids is 1. The Balaban J connectivity index is 1.47. The topological polar surface area (TPSA) is 56.8 Å². The predicted octanol–water partition coefficient (Wildman–Crippen LogP) is 4.85. The Kier molecular flexibility index (Phi) is 5.59. The van der Waals surface area contributed by atoms with Crippen LogP contribution in [-0.4, -0.2) is 25.7 Å². The number of methoxy groups -OCH3 is 2. The van der Waals surface area contributed by atoms with E-state index in [1.807, 2.05) is 36.4 Å². The summed E-state index contributed by atoms with van der Waals surface area (Å²) in [5.74, 6) is 2.19. The number of nitrogens with one attached hydrogen (secondary N) is 1. The molecular formula is C23H26ClNO4. The van der Waals surface area contributed by atoms with Crippen molar-refractivity contribution in [3.63, 3.8) is 0 Å². The predicted molar refractivity (Wildman–Crippen MR) is 112 cm³/mol. The number of hydrogen-bond donors (Lipinski definition) is 1. The fourth-order valence-electron chi connectivity index (χ4n) is 4.31.